The lowest BCUT2D eigenvalue weighted by atomic mass is 9.89. The fraction of sp³-hybridized carbons (Fsp3) is 0.458. The maximum Gasteiger partial charge on any atom is 0.255 e. The zero-order valence-corrected chi connectivity index (χ0v) is 18.0. The summed E-state index contributed by atoms with van der Waals surface area (Å²) in [7, 11) is 1.56. The average molecular weight is 424 g/mol. The smallest absolute Gasteiger partial charge is 0.255 e. The van der Waals surface area contributed by atoms with Crippen molar-refractivity contribution in [2.24, 2.45) is 5.92 Å². The van der Waals surface area contributed by atoms with E-state index in [4.69, 9.17) is 9.47 Å². The van der Waals surface area contributed by atoms with Gasteiger partial charge in [0, 0.05) is 44.0 Å². The molecule has 2 aromatic rings. The Bertz CT molecular complexity index is 884. The highest BCUT2D eigenvalue weighted by Gasteiger charge is 2.24. The zero-order chi connectivity index (χ0) is 21.6. The van der Waals surface area contributed by atoms with Crippen LogP contribution in [0.15, 0.2) is 42.6 Å². The van der Waals surface area contributed by atoms with E-state index in [9.17, 15) is 9.59 Å². The number of piperidine rings is 1. The Labute approximate surface area is 183 Å². The van der Waals surface area contributed by atoms with Crippen molar-refractivity contribution >= 4 is 11.8 Å². The molecule has 1 aromatic carbocycles. The van der Waals surface area contributed by atoms with Crippen LogP contribution in [0.25, 0.3) is 0 Å². The summed E-state index contributed by atoms with van der Waals surface area (Å²) in [5.41, 5.74) is 2.57. The van der Waals surface area contributed by atoms with Crippen molar-refractivity contribution in [3.63, 3.8) is 0 Å². The Hall–Kier alpha value is -2.93. The fourth-order valence-corrected chi connectivity index (χ4v) is 4.22. The van der Waals surface area contributed by atoms with Gasteiger partial charge < -0.3 is 19.3 Å². The van der Waals surface area contributed by atoms with Crippen LogP contribution in [0.1, 0.15) is 39.1 Å². The van der Waals surface area contributed by atoms with Crippen LogP contribution in [-0.4, -0.2) is 73.1 Å². The van der Waals surface area contributed by atoms with Gasteiger partial charge in [-0.05, 0) is 48.9 Å². The number of ether oxygens (including phenoxy) is 2. The van der Waals surface area contributed by atoms with Crippen LogP contribution in [0.5, 0.6) is 5.88 Å². The van der Waals surface area contributed by atoms with Crippen molar-refractivity contribution in [3.8, 4) is 5.88 Å². The number of hydrogen-bond acceptors (Lipinski definition) is 5. The van der Waals surface area contributed by atoms with Gasteiger partial charge in [-0.1, -0.05) is 12.1 Å². The number of carbonyl (C=O) groups excluding carboxylic acids is 2. The molecule has 0 N–H and O–H groups in total. The molecule has 3 heterocycles. The number of benzene rings is 1. The van der Waals surface area contributed by atoms with Crippen LogP contribution in [0.3, 0.4) is 0 Å². The van der Waals surface area contributed by atoms with Crippen molar-refractivity contribution in [1.29, 1.82) is 0 Å². The number of rotatable bonds is 5. The Morgan fingerprint density at radius 1 is 0.935 bits per heavy atom. The van der Waals surface area contributed by atoms with Crippen molar-refractivity contribution in [1.82, 2.24) is 14.8 Å². The van der Waals surface area contributed by atoms with Gasteiger partial charge in [-0.3, -0.25) is 9.59 Å². The van der Waals surface area contributed by atoms with Crippen molar-refractivity contribution in [2.75, 3.05) is 46.5 Å². The number of morpholine rings is 1. The Morgan fingerprint density at radius 3 is 2.16 bits per heavy atom. The second-order valence-corrected chi connectivity index (χ2v) is 8.13. The van der Waals surface area contributed by atoms with Crippen LogP contribution < -0.4 is 4.74 Å². The minimum absolute atomic E-state index is 0.0274. The summed E-state index contributed by atoms with van der Waals surface area (Å²) in [5.74, 6) is 1.15. The number of likely N-dealkylation sites (tertiary alicyclic amines) is 1. The molecule has 0 bridgehead atoms. The minimum atomic E-state index is 0.0274. The lowest BCUT2D eigenvalue weighted by Crippen LogP contribution is -2.40. The summed E-state index contributed by atoms with van der Waals surface area (Å²) in [6, 6.07) is 11.5. The number of methoxy groups -OCH3 is 1. The quantitative estimate of drug-likeness (QED) is 0.739. The summed E-state index contributed by atoms with van der Waals surface area (Å²) >= 11 is 0. The van der Waals surface area contributed by atoms with Crippen LogP contribution in [0.4, 0.5) is 0 Å². The molecular weight excluding hydrogens is 394 g/mol. The highest BCUT2D eigenvalue weighted by Crippen LogP contribution is 2.23. The number of carbonyl (C=O) groups is 2. The predicted octanol–water partition coefficient (Wildman–Crippen LogP) is 2.66. The van der Waals surface area contributed by atoms with E-state index in [-0.39, 0.29) is 11.8 Å². The van der Waals surface area contributed by atoms with Gasteiger partial charge in [0.05, 0.1) is 25.9 Å². The predicted molar refractivity (Wildman–Crippen MR) is 116 cm³/mol. The molecule has 0 radical (unpaired) electrons. The largest absolute Gasteiger partial charge is 0.481 e. The maximum absolute atomic E-state index is 12.7. The third-order valence-electron chi connectivity index (χ3n) is 6.12. The van der Waals surface area contributed by atoms with E-state index < -0.39 is 0 Å². The molecule has 2 aliphatic heterocycles. The van der Waals surface area contributed by atoms with Gasteiger partial charge in [0.15, 0.2) is 0 Å². The highest BCUT2D eigenvalue weighted by molar-refractivity contribution is 5.94. The normalized spacial score (nSPS) is 17.5. The first-order valence-corrected chi connectivity index (χ1v) is 10.9. The molecule has 7 nitrogen and oxygen atoms in total. The topological polar surface area (TPSA) is 72.0 Å². The Morgan fingerprint density at radius 2 is 1.55 bits per heavy atom. The van der Waals surface area contributed by atoms with Crippen molar-refractivity contribution < 1.29 is 19.1 Å². The molecule has 7 heteroatoms. The lowest BCUT2D eigenvalue weighted by Gasteiger charge is -2.32. The molecule has 164 valence electrons. The first-order chi connectivity index (χ1) is 15.1. The summed E-state index contributed by atoms with van der Waals surface area (Å²) < 4.78 is 10.4. The molecule has 2 aliphatic rings. The van der Waals surface area contributed by atoms with Gasteiger partial charge in [0.2, 0.25) is 5.88 Å². The first-order valence-electron chi connectivity index (χ1n) is 10.9. The molecule has 0 atom stereocenters. The van der Waals surface area contributed by atoms with Gasteiger partial charge in [-0.15, -0.1) is 0 Å². The third-order valence-corrected chi connectivity index (χ3v) is 6.12. The standard InChI is InChI=1S/C24H29N3O4/c1-30-22-7-6-21(17-25-22)24(29)26-10-8-19(9-11-26)16-18-2-4-20(5-3-18)23(28)27-12-14-31-15-13-27/h2-7,17,19H,8-16H2,1H3. The number of aromatic nitrogens is 1. The molecule has 31 heavy (non-hydrogen) atoms. The van der Waals surface area contributed by atoms with Gasteiger partial charge in [-0.25, -0.2) is 4.98 Å². The summed E-state index contributed by atoms with van der Waals surface area (Å²) in [5, 5.41) is 0. The first kappa shape index (κ1) is 21.3. The lowest BCUT2D eigenvalue weighted by molar-refractivity contribution is 0.0303. The summed E-state index contributed by atoms with van der Waals surface area (Å²) in [6.07, 6.45) is 4.50. The van der Waals surface area contributed by atoms with E-state index in [1.807, 2.05) is 21.9 Å². The van der Waals surface area contributed by atoms with Crippen molar-refractivity contribution in [3.05, 3.63) is 59.3 Å². The fourth-order valence-electron chi connectivity index (χ4n) is 4.22. The van der Waals surface area contributed by atoms with E-state index >= 15 is 0 Å². The van der Waals surface area contributed by atoms with Gasteiger partial charge in [-0.2, -0.15) is 0 Å². The molecule has 2 saturated heterocycles. The van der Waals surface area contributed by atoms with Gasteiger partial charge >= 0.3 is 0 Å². The number of nitrogens with zero attached hydrogens (tertiary/aromatic N) is 3. The molecular formula is C24H29N3O4. The van der Waals surface area contributed by atoms with Crippen molar-refractivity contribution in [2.45, 2.75) is 19.3 Å². The second kappa shape index (κ2) is 9.92. The molecule has 1 aromatic heterocycles. The van der Waals surface area contributed by atoms with Gasteiger partial charge in [0.1, 0.15) is 0 Å². The third kappa shape index (κ3) is 5.22. The van der Waals surface area contributed by atoms with Crippen LogP contribution in [0, 0.1) is 5.92 Å². The molecule has 0 saturated carbocycles. The SMILES string of the molecule is COc1ccc(C(=O)N2CCC(Cc3ccc(C(=O)N4CCOCC4)cc3)CC2)cn1. The van der Waals surface area contributed by atoms with Crippen LogP contribution in [-0.2, 0) is 11.2 Å². The number of pyridine rings is 1. The molecule has 0 unspecified atom stereocenters. The maximum atomic E-state index is 12.7. The van der Waals surface area contributed by atoms with Gasteiger partial charge in [0.25, 0.3) is 11.8 Å². The van der Waals surface area contributed by atoms with E-state index in [0.717, 1.165) is 37.9 Å². The van der Waals surface area contributed by atoms with E-state index in [0.29, 0.717) is 43.7 Å². The molecule has 0 spiro atoms. The molecule has 2 fully saturated rings. The van der Waals surface area contributed by atoms with E-state index in [1.165, 1.54) is 5.56 Å². The average Bonchev–Trinajstić information content (AvgIpc) is 2.85. The monoisotopic (exact) mass is 423 g/mol. The number of hydrogen-bond donors (Lipinski definition) is 0. The van der Waals surface area contributed by atoms with E-state index in [2.05, 4.69) is 17.1 Å². The summed E-state index contributed by atoms with van der Waals surface area (Å²) in [4.78, 5) is 33.2. The van der Waals surface area contributed by atoms with Crippen LogP contribution in [0.2, 0.25) is 0 Å². The molecule has 2 amide bonds. The highest BCUT2D eigenvalue weighted by atomic mass is 16.5. The second-order valence-electron chi connectivity index (χ2n) is 8.13. The molecule has 4 rings (SSSR count). The molecule has 0 aliphatic carbocycles. The minimum Gasteiger partial charge on any atom is -0.481 e. The Balaban J connectivity index is 1.27. The van der Waals surface area contributed by atoms with Crippen LogP contribution >= 0.6 is 0 Å². The number of amides is 2. The zero-order valence-electron chi connectivity index (χ0n) is 18.0. The Kier molecular flexibility index (Phi) is 6.82. The summed E-state index contributed by atoms with van der Waals surface area (Å²) in [6.45, 7) is 4.04. The van der Waals surface area contributed by atoms with E-state index in [1.54, 1.807) is 25.4 Å².